The van der Waals surface area contributed by atoms with Crippen molar-refractivity contribution in [2.45, 2.75) is 12.8 Å². The van der Waals surface area contributed by atoms with E-state index in [1.165, 1.54) is 14.2 Å². The smallest absolute Gasteiger partial charge is 0.309 e. The standard InChI is InChI=1S/C38H42O12/c1-41-25-17-21(13-11-15-29(39)45-5)35(47-7)31-27(43-3)19-23(37(49-9)33(25)31)24-20-28(44-4)32-34(38(24)50-10)26(42-2)18-22(36(32)48-8)14-12-16-30(40)46-6/h11-14,17-20H,15-16H2,1-10H3/b13-11+,14-12+. The van der Waals surface area contributed by atoms with Crippen molar-refractivity contribution in [3.8, 4) is 57.1 Å². The van der Waals surface area contributed by atoms with Crippen LogP contribution in [0.4, 0.5) is 0 Å². The van der Waals surface area contributed by atoms with Gasteiger partial charge in [-0.2, -0.15) is 0 Å². The average molecular weight is 691 g/mol. The van der Waals surface area contributed by atoms with E-state index in [4.69, 9.17) is 47.4 Å². The van der Waals surface area contributed by atoms with Crippen LogP contribution in [0, 0.1) is 0 Å². The fourth-order valence-electron chi connectivity index (χ4n) is 5.93. The van der Waals surface area contributed by atoms with Crippen molar-refractivity contribution < 1.29 is 57.0 Å². The second-order valence-corrected chi connectivity index (χ2v) is 10.6. The molecule has 0 fully saturated rings. The molecule has 4 rings (SSSR count). The Hall–Kier alpha value is -5.78. The summed E-state index contributed by atoms with van der Waals surface area (Å²) in [6.07, 6.45) is 7.02. The van der Waals surface area contributed by atoms with Crippen LogP contribution in [0.5, 0.6) is 46.0 Å². The maximum Gasteiger partial charge on any atom is 0.309 e. The number of carbonyl (C=O) groups is 2. The number of fused-ring (bicyclic) bond motifs is 2. The number of esters is 2. The van der Waals surface area contributed by atoms with Gasteiger partial charge >= 0.3 is 11.9 Å². The van der Waals surface area contributed by atoms with Gasteiger partial charge in [-0.25, -0.2) is 0 Å². The largest absolute Gasteiger partial charge is 0.496 e. The topological polar surface area (TPSA) is 126 Å². The first kappa shape index (κ1) is 37.0. The first-order chi connectivity index (χ1) is 24.2. The van der Waals surface area contributed by atoms with Gasteiger partial charge in [-0.15, -0.1) is 0 Å². The summed E-state index contributed by atoms with van der Waals surface area (Å²) in [7, 11) is 15.1. The van der Waals surface area contributed by atoms with Crippen LogP contribution in [0.25, 0.3) is 44.8 Å². The minimum atomic E-state index is -0.378. The highest BCUT2D eigenvalue weighted by molar-refractivity contribution is 6.12. The predicted octanol–water partition coefficient (Wildman–Crippen LogP) is 6.88. The molecule has 0 radical (unpaired) electrons. The van der Waals surface area contributed by atoms with Gasteiger partial charge in [-0.3, -0.25) is 9.59 Å². The summed E-state index contributed by atoms with van der Waals surface area (Å²) >= 11 is 0. The Labute approximate surface area is 291 Å². The number of benzene rings is 4. The Morgan fingerprint density at radius 1 is 0.440 bits per heavy atom. The zero-order valence-electron chi connectivity index (χ0n) is 29.9. The lowest BCUT2D eigenvalue weighted by atomic mass is 9.92. The van der Waals surface area contributed by atoms with Gasteiger partial charge < -0.3 is 47.4 Å². The van der Waals surface area contributed by atoms with E-state index in [2.05, 4.69) is 0 Å². The van der Waals surface area contributed by atoms with E-state index < -0.39 is 0 Å². The molecular formula is C38H42O12. The van der Waals surface area contributed by atoms with Gasteiger partial charge in [-0.1, -0.05) is 24.3 Å². The predicted molar refractivity (Wildman–Crippen MR) is 191 cm³/mol. The van der Waals surface area contributed by atoms with Gasteiger partial charge in [-0.05, 0) is 24.3 Å². The van der Waals surface area contributed by atoms with E-state index >= 15 is 0 Å². The fourth-order valence-corrected chi connectivity index (χ4v) is 5.93. The van der Waals surface area contributed by atoms with E-state index in [1.54, 1.807) is 93.3 Å². The first-order valence-corrected chi connectivity index (χ1v) is 15.4. The molecule has 0 amide bonds. The molecule has 0 aliphatic rings. The van der Waals surface area contributed by atoms with Gasteiger partial charge in [0.1, 0.15) is 46.0 Å². The van der Waals surface area contributed by atoms with Crippen LogP contribution < -0.4 is 37.9 Å². The van der Waals surface area contributed by atoms with Crippen LogP contribution in [0.1, 0.15) is 24.0 Å². The molecule has 0 unspecified atom stereocenters. The zero-order chi connectivity index (χ0) is 36.5. The third kappa shape index (κ3) is 6.87. The highest BCUT2D eigenvalue weighted by Gasteiger charge is 2.29. The molecular weight excluding hydrogens is 648 g/mol. The van der Waals surface area contributed by atoms with Crippen molar-refractivity contribution >= 4 is 45.6 Å². The maximum absolute atomic E-state index is 11.8. The number of hydrogen-bond donors (Lipinski definition) is 0. The normalized spacial score (nSPS) is 11.2. The highest BCUT2D eigenvalue weighted by atomic mass is 16.5. The molecule has 0 N–H and O–H groups in total. The summed E-state index contributed by atoms with van der Waals surface area (Å²) in [6, 6.07) is 7.23. The van der Waals surface area contributed by atoms with E-state index in [0.717, 1.165) is 0 Å². The third-order valence-corrected chi connectivity index (χ3v) is 8.14. The van der Waals surface area contributed by atoms with Crippen molar-refractivity contribution in [1.82, 2.24) is 0 Å². The molecule has 0 heterocycles. The molecule has 0 saturated heterocycles. The van der Waals surface area contributed by atoms with E-state index in [0.29, 0.717) is 89.8 Å². The average Bonchev–Trinajstić information content (AvgIpc) is 3.15. The van der Waals surface area contributed by atoms with Crippen LogP contribution in [0.2, 0.25) is 0 Å². The summed E-state index contributed by atoms with van der Waals surface area (Å²) in [5.41, 5.74) is 2.47. The SMILES string of the molecule is COC(=O)C/C=C/c1cc(OC)c2c(OC)c(-c3cc(OC)c4c(OC)c(/C=C/CC(=O)OC)cc(OC)c4c3OC)cc(OC)c2c1OC. The van der Waals surface area contributed by atoms with E-state index in [-0.39, 0.29) is 24.8 Å². The van der Waals surface area contributed by atoms with E-state index in [9.17, 15) is 9.59 Å². The van der Waals surface area contributed by atoms with Crippen molar-refractivity contribution in [2.75, 3.05) is 71.1 Å². The molecule has 0 aliphatic heterocycles. The summed E-state index contributed by atoms with van der Waals surface area (Å²) in [4.78, 5) is 23.6. The first-order valence-electron chi connectivity index (χ1n) is 15.4. The molecule has 4 aromatic rings. The Morgan fingerprint density at radius 3 is 1.02 bits per heavy atom. The number of hydrogen-bond acceptors (Lipinski definition) is 12. The number of rotatable bonds is 15. The minimum Gasteiger partial charge on any atom is -0.496 e. The van der Waals surface area contributed by atoms with Crippen LogP contribution in [0.15, 0.2) is 36.4 Å². The van der Waals surface area contributed by atoms with Crippen LogP contribution in [-0.4, -0.2) is 83.0 Å². The van der Waals surface area contributed by atoms with Crippen molar-refractivity contribution in [2.24, 2.45) is 0 Å². The Bertz CT molecular complexity index is 1820. The molecule has 0 atom stereocenters. The second-order valence-electron chi connectivity index (χ2n) is 10.6. The molecule has 50 heavy (non-hydrogen) atoms. The van der Waals surface area contributed by atoms with Crippen molar-refractivity contribution in [3.63, 3.8) is 0 Å². The molecule has 0 spiro atoms. The number of carbonyl (C=O) groups excluding carboxylic acids is 2. The lowest BCUT2D eigenvalue weighted by Gasteiger charge is -2.23. The fraction of sp³-hybridized carbons (Fsp3) is 0.316. The van der Waals surface area contributed by atoms with Crippen molar-refractivity contribution in [1.29, 1.82) is 0 Å². The lowest BCUT2D eigenvalue weighted by Crippen LogP contribution is -2.02. The summed E-state index contributed by atoms with van der Waals surface area (Å²) in [5, 5.41) is 2.31. The summed E-state index contributed by atoms with van der Waals surface area (Å²) < 4.78 is 57.4. The quantitative estimate of drug-likeness (QED) is 0.121. The Morgan fingerprint density at radius 2 is 0.740 bits per heavy atom. The molecule has 0 saturated carbocycles. The number of methoxy groups -OCH3 is 10. The molecule has 12 nitrogen and oxygen atoms in total. The van der Waals surface area contributed by atoms with Crippen LogP contribution in [-0.2, 0) is 19.1 Å². The van der Waals surface area contributed by atoms with Gasteiger partial charge in [0, 0.05) is 22.3 Å². The molecule has 0 aliphatic carbocycles. The van der Waals surface area contributed by atoms with Gasteiger partial charge in [0.2, 0.25) is 0 Å². The van der Waals surface area contributed by atoms with E-state index in [1.807, 2.05) is 12.1 Å². The number of ether oxygens (including phenoxy) is 10. The monoisotopic (exact) mass is 690 g/mol. The van der Waals surface area contributed by atoms with Gasteiger partial charge in [0.25, 0.3) is 0 Å². The van der Waals surface area contributed by atoms with Crippen LogP contribution >= 0.6 is 0 Å². The highest BCUT2D eigenvalue weighted by Crippen LogP contribution is 2.56. The van der Waals surface area contributed by atoms with Crippen LogP contribution in [0.3, 0.4) is 0 Å². The summed E-state index contributed by atoms with van der Waals surface area (Å²) in [6.45, 7) is 0. The second kappa shape index (κ2) is 16.6. The molecule has 0 aromatic heterocycles. The molecule has 0 bridgehead atoms. The Balaban J connectivity index is 2.14. The van der Waals surface area contributed by atoms with Gasteiger partial charge in [0.15, 0.2) is 0 Å². The maximum atomic E-state index is 11.8. The minimum absolute atomic E-state index is 0.0719. The third-order valence-electron chi connectivity index (χ3n) is 8.14. The summed E-state index contributed by atoms with van der Waals surface area (Å²) in [5.74, 6) is 2.90. The molecule has 266 valence electrons. The van der Waals surface area contributed by atoms with Gasteiger partial charge in [0.05, 0.1) is 105 Å². The lowest BCUT2D eigenvalue weighted by molar-refractivity contribution is -0.140. The zero-order valence-corrected chi connectivity index (χ0v) is 29.9. The van der Waals surface area contributed by atoms with Crippen molar-refractivity contribution in [3.05, 3.63) is 47.5 Å². The Kier molecular flexibility index (Phi) is 12.3. The molecule has 12 heteroatoms. The molecule has 4 aromatic carbocycles.